The molecule has 3 rings (SSSR count). The molecular formula is C13H13N3. The second-order valence-electron chi connectivity index (χ2n) is 4.00. The predicted octanol–water partition coefficient (Wildman–Crippen LogP) is 2.99. The predicted molar refractivity (Wildman–Crippen MR) is 65.3 cm³/mol. The van der Waals surface area contributed by atoms with Crippen molar-refractivity contribution in [2.24, 2.45) is 0 Å². The Balaban J connectivity index is 2.25. The topological polar surface area (TPSA) is 30.7 Å². The molecule has 2 heterocycles. The standard InChI is InChI=1S/C13H13N3/c1-2-6-16-9-11-8-12-10(4-3-5-14-12)7-13(11)15-16/h3-5,7-9H,2,6H2,1H3. The van der Waals surface area contributed by atoms with Crippen molar-refractivity contribution in [1.29, 1.82) is 0 Å². The third kappa shape index (κ3) is 1.45. The summed E-state index contributed by atoms with van der Waals surface area (Å²) in [5, 5.41) is 6.86. The quantitative estimate of drug-likeness (QED) is 0.652. The molecule has 1 aromatic carbocycles. The summed E-state index contributed by atoms with van der Waals surface area (Å²) in [6, 6.07) is 8.23. The number of hydrogen-bond donors (Lipinski definition) is 0. The Kier molecular flexibility index (Phi) is 2.10. The van der Waals surface area contributed by atoms with E-state index >= 15 is 0 Å². The highest BCUT2D eigenvalue weighted by Crippen LogP contribution is 2.19. The zero-order valence-electron chi connectivity index (χ0n) is 9.22. The lowest BCUT2D eigenvalue weighted by Crippen LogP contribution is -1.95. The van der Waals surface area contributed by atoms with Gasteiger partial charge in [-0.05, 0) is 24.6 Å². The van der Waals surface area contributed by atoms with E-state index in [-0.39, 0.29) is 0 Å². The van der Waals surface area contributed by atoms with Crippen molar-refractivity contribution in [1.82, 2.24) is 14.8 Å². The Hall–Kier alpha value is -1.90. The molecule has 0 bridgehead atoms. The molecule has 0 saturated carbocycles. The minimum absolute atomic E-state index is 0.971. The van der Waals surface area contributed by atoms with Crippen LogP contribution < -0.4 is 0 Å². The number of pyridine rings is 1. The van der Waals surface area contributed by atoms with Gasteiger partial charge in [-0.2, -0.15) is 5.10 Å². The van der Waals surface area contributed by atoms with E-state index in [1.165, 1.54) is 5.39 Å². The van der Waals surface area contributed by atoms with Crippen molar-refractivity contribution in [3.8, 4) is 0 Å². The zero-order valence-corrected chi connectivity index (χ0v) is 9.22. The molecule has 0 fully saturated rings. The van der Waals surface area contributed by atoms with Gasteiger partial charge >= 0.3 is 0 Å². The van der Waals surface area contributed by atoms with Crippen LogP contribution in [0.4, 0.5) is 0 Å². The first-order chi connectivity index (χ1) is 7.86. The summed E-state index contributed by atoms with van der Waals surface area (Å²) < 4.78 is 2.00. The highest BCUT2D eigenvalue weighted by Gasteiger charge is 2.02. The van der Waals surface area contributed by atoms with Gasteiger partial charge in [0, 0.05) is 29.7 Å². The van der Waals surface area contributed by atoms with Gasteiger partial charge in [0.1, 0.15) is 0 Å². The highest BCUT2D eigenvalue weighted by molar-refractivity contribution is 5.94. The Morgan fingerprint density at radius 2 is 2.06 bits per heavy atom. The fraction of sp³-hybridized carbons (Fsp3) is 0.231. The van der Waals surface area contributed by atoms with Crippen molar-refractivity contribution in [3.05, 3.63) is 36.7 Å². The molecule has 0 aliphatic carbocycles. The molecule has 3 heteroatoms. The molecule has 0 aliphatic rings. The lowest BCUT2D eigenvalue weighted by molar-refractivity contribution is 0.609. The molecular weight excluding hydrogens is 198 g/mol. The van der Waals surface area contributed by atoms with Crippen molar-refractivity contribution in [3.63, 3.8) is 0 Å². The van der Waals surface area contributed by atoms with Crippen LogP contribution in [0.15, 0.2) is 36.7 Å². The van der Waals surface area contributed by atoms with E-state index in [4.69, 9.17) is 0 Å². The van der Waals surface area contributed by atoms with Crippen LogP contribution in [0.25, 0.3) is 21.8 Å². The molecule has 0 aliphatic heterocycles. The first-order valence-electron chi connectivity index (χ1n) is 5.59. The van der Waals surface area contributed by atoms with Crippen LogP contribution >= 0.6 is 0 Å². The van der Waals surface area contributed by atoms with Crippen molar-refractivity contribution < 1.29 is 0 Å². The Morgan fingerprint density at radius 3 is 2.94 bits per heavy atom. The number of aromatic nitrogens is 3. The number of fused-ring (bicyclic) bond motifs is 2. The van der Waals surface area contributed by atoms with E-state index in [2.05, 4.69) is 41.4 Å². The fourth-order valence-corrected chi connectivity index (χ4v) is 1.99. The van der Waals surface area contributed by atoms with Gasteiger partial charge in [0.05, 0.1) is 11.0 Å². The third-order valence-corrected chi connectivity index (χ3v) is 2.73. The van der Waals surface area contributed by atoms with Gasteiger partial charge in [0.25, 0.3) is 0 Å². The molecule has 0 unspecified atom stereocenters. The normalized spacial score (nSPS) is 11.3. The van der Waals surface area contributed by atoms with Crippen molar-refractivity contribution in [2.75, 3.05) is 0 Å². The Labute approximate surface area is 93.7 Å². The van der Waals surface area contributed by atoms with Crippen LogP contribution in [0, 0.1) is 0 Å². The molecule has 0 radical (unpaired) electrons. The fourth-order valence-electron chi connectivity index (χ4n) is 1.99. The van der Waals surface area contributed by atoms with Gasteiger partial charge in [0.15, 0.2) is 0 Å². The summed E-state index contributed by atoms with van der Waals surface area (Å²) in [5.41, 5.74) is 2.08. The van der Waals surface area contributed by atoms with Crippen LogP contribution in [0.3, 0.4) is 0 Å². The molecule has 0 saturated heterocycles. The number of rotatable bonds is 2. The lowest BCUT2D eigenvalue weighted by Gasteiger charge is -1.94. The molecule has 0 spiro atoms. The summed E-state index contributed by atoms with van der Waals surface area (Å²) in [4.78, 5) is 4.35. The smallest absolute Gasteiger partial charge is 0.0930 e. The molecule has 80 valence electrons. The van der Waals surface area contributed by atoms with E-state index < -0.39 is 0 Å². The average Bonchev–Trinajstić information content (AvgIpc) is 2.67. The monoisotopic (exact) mass is 211 g/mol. The summed E-state index contributed by atoms with van der Waals surface area (Å²) >= 11 is 0. The van der Waals surface area contributed by atoms with Crippen LogP contribution in [0.5, 0.6) is 0 Å². The number of aryl methyl sites for hydroxylation is 1. The first kappa shape index (κ1) is 9.33. The molecule has 16 heavy (non-hydrogen) atoms. The van der Waals surface area contributed by atoms with Crippen molar-refractivity contribution in [2.45, 2.75) is 19.9 Å². The maximum Gasteiger partial charge on any atom is 0.0930 e. The van der Waals surface area contributed by atoms with Crippen molar-refractivity contribution >= 4 is 21.8 Å². The average molecular weight is 211 g/mol. The number of nitrogens with zero attached hydrogens (tertiary/aromatic N) is 3. The van der Waals surface area contributed by atoms with E-state index in [1.54, 1.807) is 0 Å². The number of benzene rings is 1. The van der Waals surface area contributed by atoms with Gasteiger partial charge in [0.2, 0.25) is 0 Å². The maximum atomic E-state index is 4.54. The van der Waals surface area contributed by atoms with Crippen LogP contribution in [-0.4, -0.2) is 14.8 Å². The minimum atomic E-state index is 0.971. The molecule has 0 atom stereocenters. The van der Waals surface area contributed by atoms with Crippen LogP contribution in [0.2, 0.25) is 0 Å². The van der Waals surface area contributed by atoms with Crippen LogP contribution in [0.1, 0.15) is 13.3 Å². The van der Waals surface area contributed by atoms with E-state index in [1.807, 2.05) is 16.9 Å². The molecule has 3 nitrogen and oxygen atoms in total. The SMILES string of the molecule is CCCn1cc2cc3ncccc3cc2n1. The summed E-state index contributed by atoms with van der Waals surface area (Å²) in [7, 11) is 0. The lowest BCUT2D eigenvalue weighted by atomic mass is 10.2. The molecule has 0 amide bonds. The van der Waals surface area contributed by atoms with E-state index in [9.17, 15) is 0 Å². The molecule has 2 aromatic heterocycles. The van der Waals surface area contributed by atoms with Gasteiger partial charge in [-0.25, -0.2) is 0 Å². The maximum absolute atomic E-state index is 4.54. The van der Waals surface area contributed by atoms with Gasteiger partial charge in [-0.15, -0.1) is 0 Å². The second-order valence-corrected chi connectivity index (χ2v) is 4.00. The molecule has 0 N–H and O–H groups in total. The summed E-state index contributed by atoms with van der Waals surface area (Å²) in [5.74, 6) is 0. The van der Waals surface area contributed by atoms with Gasteiger partial charge in [-0.3, -0.25) is 9.67 Å². The summed E-state index contributed by atoms with van der Waals surface area (Å²) in [6.45, 7) is 3.13. The largest absolute Gasteiger partial charge is 0.272 e. The third-order valence-electron chi connectivity index (χ3n) is 2.73. The Bertz CT molecular complexity index is 587. The van der Waals surface area contributed by atoms with Gasteiger partial charge in [-0.1, -0.05) is 13.0 Å². The Morgan fingerprint density at radius 1 is 1.19 bits per heavy atom. The van der Waals surface area contributed by atoms with E-state index in [0.29, 0.717) is 0 Å². The summed E-state index contributed by atoms with van der Waals surface area (Å²) in [6.07, 6.45) is 5.02. The molecule has 3 aromatic rings. The van der Waals surface area contributed by atoms with Crippen LogP contribution in [-0.2, 0) is 6.54 Å². The highest BCUT2D eigenvalue weighted by atomic mass is 15.3. The number of hydrogen-bond acceptors (Lipinski definition) is 2. The first-order valence-corrected chi connectivity index (χ1v) is 5.59. The minimum Gasteiger partial charge on any atom is -0.272 e. The van der Waals surface area contributed by atoms with E-state index in [0.717, 1.165) is 29.4 Å². The second kappa shape index (κ2) is 3.59. The zero-order chi connectivity index (χ0) is 11.0. The van der Waals surface area contributed by atoms with Gasteiger partial charge < -0.3 is 0 Å².